The molecule has 0 saturated heterocycles. The van der Waals surface area contributed by atoms with Crippen molar-refractivity contribution < 1.29 is 12.8 Å². The van der Waals surface area contributed by atoms with E-state index < -0.39 is 15.8 Å². The molecule has 3 rings (SSSR count). The molecule has 3 aromatic rings. The van der Waals surface area contributed by atoms with Crippen LogP contribution in [0.1, 0.15) is 5.56 Å². The van der Waals surface area contributed by atoms with Gasteiger partial charge in [0.25, 0.3) is 0 Å². The van der Waals surface area contributed by atoms with E-state index in [0.717, 1.165) is 0 Å². The van der Waals surface area contributed by atoms with Gasteiger partial charge in [0.1, 0.15) is 11.5 Å². The number of hydrogen-bond donors (Lipinski definition) is 1. The van der Waals surface area contributed by atoms with Gasteiger partial charge in [-0.25, -0.2) is 27.0 Å². The van der Waals surface area contributed by atoms with Gasteiger partial charge in [0.05, 0.1) is 12.3 Å². The van der Waals surface area contributed by atoms with Gasteiger partial charge in [0.15, 0.2) is 5.82 Å². The van der Waals surface area contributed by atoms with Crippen LogP contribution in [0.4, 0.5) is 4.39 Å². The van der Waals surface area contributed by atoms with Crippen LogP contribution in [0.5, 0.6) is 0 Å². The lowest BCUT2D eigenvalue weighted by molar-refractivity contribution is 0.550. The summed E-state index contributed by atoms with van der Waals surface area (Å²) in [4.78, 5) is 16.4. The van der Waals surface area contributed by atoms with Crippen LogP contribution in [0.2, 0.25) is 0 Å². The first-order valence-corrected chi connectivity index (χ1v) is 9.78. The van der Waals surface area contributed by atoms with E-state index in [1.54, 1.807) is 31.4 Å². The minimum Gasteiger partial charge on any atom is -0.277 e. The van der Waals surface area contributed by atoms with Crippen molar-refractivity contribution in [3.8, 4) is 11.5 Å². The third kappa shape index (κ3) is 4.66. The molecule has 0 radical (unpaired) electrons. The highest BCUT2D eigenvalue weighted by atomic mass is 32.2. The number of nitrogens with one attached hydrogen (secondary N) is 1. The predicted octanol–water partition coefficient (Wildman–Crippen LogP) is 0.902. The molecule has 8 nitrogen and oxygen atoms in total. The number of sulfonamides is 1. The normalized spacial score (nSPS) is 11.6. The highest BCUT2D eigenvalue weighted by Gasteiger charge is 2.15. The number of rotatable bonds is 7. The maximum absolute atomic E-state index is 13.2. The molecule has 0 bridgehead atoms. The standard InChI is InChI=1S/C17H18FN5O3S/c1-22-16(15-7-2-3-8-19-15)21-23(17(22)24)10-9-20-27(25,26)12-13-5-4-6-14(18)11-13/h2-8,11,20H,9-10,12H2,1H3. The van der Waals surface area contributed by atoms with Crippen molar-refractivity contribution in [2.45, 2.75) is 12.3 Å². The van der Waals surface area contributed by atoms with E-state index in [2.05, 4.69) is 14.8 Å². The Bertz CT molecular complexity index is 1090. The van der Waals surface area contributed by atoms with Crippen LogP contribution in [0.25, 0.3) is 11.5 Å². The second-order valence-electron chi connectivity index (χ2n) is 5.89. The molecular formula is C17H18FN5O3S. The topological polar surface area (TPSA) is 98.9 Å². The Morgan fingerprint density at radius 3 is 2.70 bits per heavy atom. The van der Waals surface area contributed by atoms with Gasteiger partial charge < -0.3 is 0 Å². The van der Waals surface area contributed by atoms with Crippen LogP contribution in [-0.2, 0) is 29.4 Å². The zero-order valence-electron chi connectivity index (χ0n) is 14.5. The Hall–Kier alpha value is -2.85. The molecule has 0 atom stereocenters. The monoisotopic (exact) mass is 391 g/mol. The van der Waals surface area contributed by atoms with E-state index in [0.29, 0.717) is 17.1 Å². The Kier molecular flexibility index (Phi) is 5.47. The lowest BCUT2D eigenvalue weighted by Gasteiger charge is -2.06. The summed E-state index contributed by atoms with van der Waals surface area (Å²) >= 11 is 0. The van der Waals surface area contributed by atoms with Gasteiger partial charge in [-0.3, -0.25) is 9.55 Å². The number of aromatic nitrogens is 4. The second kappa shape index (κ2) is 7.80. The number of halogens is 1. The fourth-order valence-corrected chi connectivity index (χ4v) is 3.68. The van der Waals surface area contributed by atoms with Crippen LogP contribution in [0.15, 0.2) is 53.5 Å². The van der Waals surface area contributed by atoms with Crippen molar-refractivity contribution in [1.82, 2.24) is 24.1 Å². The largest absolute Gasteiger partial charge is 0.346 e. The van der Waals surface area contributed by atoms with E-state index in [4.69, 9.17) is 0 Å². The summed E-state index contributed by atoms with van der Waals surface area (Å²) in [7, 11) is -2.10. The van der Waals surface area contributed by atoms with Crippen molar-refractivity contribution >= 4 is 10.0 Å². The molecule has 0 aliphatic carbocycles. The molecule has 0 fully saturated rings. The summed E-state index contributed by atoms with van der Waals surface area (Å²) in [6, 6.07) is 10.7. The summed E-state index contributed by atoms with van der Waals surface area (Å²) in [6.07, 6.45) is 1.60. The van der Waals surface area contributed by atoms with E-state index in [-0.39, 0.29) is 24.5 Å². The first-order chi connectivity index (χ1) is 12.9. The van der Waals surface area contributed by atoms with E-state index >= 15 is 0 Å². The Balaban J connectivity index is 1.66. The first kappa shape index (κ1) is 18.9. The minimum absolute atomic E-state index is 0.0176. The molecule has 2 heterocycles. The molecule has 0 spiro atoms. The van der Waals surface area contributed by atoms with E-state index in [1.807, 2.05) is 0 Å². The van der Waals surface area contributed by atoms with Crippen molar-refractivity contribution in [2.24, 2.45) is 7.05 Å². The third-order valence-corrected chi connectivity index (χ3v) is 5.18. The van der Waals surface area contributed by atoms with Gasteiger partial charge >= 0.3 is 5.69 Å². The number of hydrogen-bond acceptors (Lipinski definition) is 5. The molecule has 10 heteroatoms. The number of benzene rings is 1. The maximum atomic E-state index is 13.2. The molecule has 1 N–H and O–H groups in total. The van der Waals surface area contributed by atoms with Crippen LogP contribution in [0.3, 0.4) is 0 Å². The summed E-state index contributed by atoms with van der Waals surface area (Å²) in [5.74, 6) is -0.450. The van der Waals surface area contributed by atoms with Gasteiger partial charge in [-0.15, -0.1) is 5.10 Å². The van der Waals surface area contributed by atoms with Crippen molar-refractivity contribution in [3.63, 3.8) is 0 Å². The van der Waals surface area contributed by atoms with Crippen molar-refractivity contribution in [3.05, 3.63) is 70.5 Å². The smallest absolute Gasteiger partial charge is 0.277 e. The SMILES string of the molecule is Cn1c(-c2ccccn2)nn(CCNS(=O)(=O)Cc2cccc(F)c2)c1=O. The fraction of sp³-hybridized carbons (Fsp3) is 0.235. The van der Waals surface area contributed by atoms with E-state index in [9.17, 15) is 17.6 Å². The molecule has 0 saturated carbocycles. The average Bonchev–Trinajstić information content (AvgIpc) is 2.90. The Labute approximate surface area is 155 Å². The number of nitrogens with zero attached hydrogens (tertiary/aromatic N) is 4. The Morgan fingerprint density at radius 1 is 1.19 bits per heavy atom. The highest BCUT2D eigenvalue weighted by Crippen LogP contribution is 2.10. The molecule has 1 aromatic carbocycles. The van der Waals surface area contributed by atoms with E-state index in [1.165, 1.54) is 33.5 Å². The molecule has 142 valence electrons. The van der Waals surface area contributed by atoms with Gasteiger partial charge in [-0.1, -0.05) is 18.2 Å². The van der Waals surface area contributed by atoms with Gasteiger partial charge in [-0.05, 0) is 29.8 Å². The molecule has 0 amide bonds. The summed E-state index contributed by atoms with van der Waals surface area (Å²) < 4.78 is 42.3. The first-order valence-electron chi connectivity index (χ1n) is 8.13. The molecule has 0 aliphatic rings. The minimum atomic E-state index is -3.67. The van der Waals surface area contributed by atoms with Gasteiger partial charge in [0.2, 0.25) is 10.0 Å². The Morgan fingerprint density at radius 2 is 2.00 bits per heavy atom. The molecule has 2 aromatic heterocycles. The summed E-state index contributed by atoms with van der Waals surface area (Å²) in [5, 5.41) is 4.21. The fourth-order valence-electron chi connectivity index (χ4n) is 2.56. The number of pyridine rings is 1. The van der Waals surface area contributed by atoms with Crippen molar-refractivity contribution in [2.75, 3.05) is 6.54 Å². The van der Waals surface area contributed by atoms with Crippen LogP contribution in [-0.4, -0.2) is 34.3 Å². The lowest BCUT2D eigenvalue weighted by atomic mass is 10.2. The van der Waals surface area contributed by atoms with Crippen LogP contribution >= 0.6 is 0 Å². The zero-order chi connectivity index (χ0) is 19.4. The van der Waals surface area contributed by atoms with Crippen molar-refractivity contribution in [1.29, 1.82) is 0 Å². The van der Waals surface area contributed by atoms with Gasteiger partial charge in [-0.2, -0.15) is 0 Å². The lowest BCUT2D eigenvalue weighted by Crippen LogP contribution is -2.32. The third-order valence-electron chi connectivity index (χ3n) is 3.83. The summed E-state index contributed by atoms with van der Waals surface area (Å²) in [6.45, 7) is 0.0398. The second-order valence-corrected chi connectivity index (χ2v) is 7.69. The summed E-state index contributed by atoms with van der Waals surface area (Å²) in [5.41, 5.74) is 0.512. The highest BCUT2D eigenvalue weighted by molar-refractivity contribution is 7.88. The molecule has 27 heavy (non-hydrogen) atoms. The van der Waals surface area contributed by atoms with Crippen LogP contribution in [0, 0.1) is 5.82 Å². The average molecular weight is 391 g/mol. The quantitative estimate of drug-likeness (QED) is 0.645. The zero-order valence-corrected chi connectivity index (χ0v) is 15.4. The molecule has 0 aliphatic heterocycles. The predicted molar refractivity (Wildman–Crippen MR) is 97.7 cm³/mol. The van der Waals surface area contributed by atoms with Gasteiger partial charge in [0, 0.05) is 19.8 Å². The molecule has 0 unspecified atom stereocenters. The maximum Gasteiger partial charge on any atom is 0.346 e. The van der Waals surface area contributed by atoms with Crippen LogP contribution < -0.4 is 10.4 Å². The molecular weight excluding hydrogens is 373 g/mol.